The Morgan fingerprint density at radius 1 is 1.30 bits per heavy atom. The third-order valence-electron chi connectivity index (χ3n) is 3.27. The van der Waals surface area contributed by atoms with Crippen molar-refractivity contribution in [1.82, 2.24) is 10.3 Å². The number of nitrogens with two attached hydrogens (primary N) is 1. The molecule has 1 aromatic carbocycles. The van der Waals surface area contributed by atoms with Crippen molar-refractivity contribution in [3.63, 3.8) is 0 Å². The molecule has 0 radical (unpaired) electrons. The van der Waals surface area contributed by atoms with Crippen LogP contribution in [0.25, 0.3) is 11.3 Å². The Hall–Kier alpha value is -2.23. The Bertz CT molecular complexity index is 815. The second-order valence-corrected chi connectivity index (χ2v) is 6.13. The van der Waals surface area contributed by atoms with Gasteiger partial charge < -0.3 is 5.73 Å². The molecule has 0 fully saturated rings. The third kappa shape index (κ3) is 2.98. The van der Waals surface area contributed by atoms with Crippen molar-refractivity contribution in [2.24, 2.45) is 5.73 Å². The van der Waals surface area contributed by atoms with Crippen LogP contribution in [-0.2, 0) is 17.0 Å². The molecular weight excluding hydrogens is 335 g/mol. The smallest absolute Gasteiger partial charge is 0.366 e. The van der Waals surface area contributed by atoms with Crippen LogP contribution >= 0.6 is 0 Å². The van der Waals surface area contributed by atoms with Crippen LogP contribution in [0.1, 0.15) is 27.2 Å². The fraction of sp³-hybridized carbons (Fsp3) is 0.308. The van der Waals surface area contributed by atoms with E-state index in [1.165, 1.54) is 13.8 Å². The average Bonchev–Trinajstić information content (AvgIpc) is 2.82. The minimum atomic E-state index is -4.82. The molecule has 6 nitrogen and oxygen atoms in total. The molecule has 0 bridgehead atoms. The number of amides is 1. The number of carbonyl (C=O) groups is 1. The lowest BCUT2D eigenvalue weighted by Crippen LogP contribution is -2.19. The Morgan fingerprint density at radius 3 is 2.30 bits per heavy atom. The molecule has 0 saturated heterocycles. The molecule has 2 aromatic rings. The predicted molar refractivity (Wildman–Crippen MR) is 75.1 cm³/mol. The van der Waals surface area contributed by atoms with E-state index in [1.54, 1.807) is 0 Å². The van der Waals surface area contributed by atoms with Gasteiger partial charge in [-0.2, -0.15) is 13.2 Å². The van der Waals surface area contributed by atoms with Crippen molar-refractivity contribution >= 4 is 16.7 Å². The van der Waals surface area contributed by atoms with E-state index < -0.39 is 38.9 Å². The molecule has 124 valence electrons. The summed E-state index contributed by atoms with van der Waals surface area (Å²) in [4.78, 5) is 11.0. The SMILES string of the molecule is Cc1nonc1-c1cc(C(N)=O)c(C)c(S(C)=O)c1C(F)(F)F. The number of rotatable bonds is 3. The van der Waals surface area contributed by atoms with Crippen LogP contribution in [0.5, 0.6) is 0 Å². The predicted octanol–water partition coefficient (Wildman–Crippen LogP) is 2.21. The highest BCUT2D eigenvalue weighted by atomic mass is 32.2. The van der Waals surface area contributed by atoms with Gasteiger partial charge in [0, 0.05) is 17.4 Å². The maximum Gasteiger partial charge on any atom is 0.418 e. The monoisotopic (exact) mass is 347 g/mol. The number of benzene rings is 1. The zero-order valence-electron chi connectivity index (χ0n) is 12.3. The van der Waals surface area contributed by atoms with Gasteiger partial charge >= 0.3 is 6.18 Å². The van der Waals surface area contributed by atoms with Gasteiger partial charge in [0.05, 0.1) is 21.3 Å². The van der Waals surface area contributed by atoms with Gasteiger partial charge in [0.15, 0.2) is 0 Å². The molecule has 1 heterocycles. The van der Waals surface area contributed by atoms with Crippen molar-refractivity contribution in [3.05, 3.63) is 28.5 Å². The summed E-state index contributed by atoms with van der Waals surface area (Å²) in [7, 11) is -2.01. The van der Waals surface area contributed by atoms with Crippen LogP contribution in [0.2, 0.25) is 0 Å². The summed E-state index contributed by atoms with van der Waals surface area (Å²) in [5.74, 6) is -0.932. The molecule has 1 atom stereocenters. The first-order valence-electron chi connectivity index (χ1n) is 6.23. The Morgan fingerprint density at radius 2 is 1.91 bits per heavy atom. The second-order valence-electron chi connectivity index (χ2n) is 4.82. The van der Waals surface area contributed by atoms with E-state index in [0.717, 1.165) is 12.3 Å². The summed E-state index contributed by atoms with van der Waals surface area (Å²) in [6.45, 7) is 2.67. The van der Waals surface area contributed by atoms with Gasteiger partial charge in [0.2, 0.25) is 5.91 Å². The van der Waals surface area contributed by atoms with Gasteiger partial charge in [0.1, 0.15) is 11.4 Å². The van der Waals surface area contributed by atoms with E-state index in [2.05, 4.69) is 14.9 Å². The van der Waals surface area contributed by atoms with Gasteiger partial charge in [0.25, 0.3) is 0 Å². The fourth-order valence-corrected chi connectivity index (χ4v) is 3.37. The van der Waals surface area contributed by atoms with Crippen molar-refractivity contribution in [2.45, 2.75) is 24.9 Å². The Labute approximate surface area is 131 Å². The van der Waals surface area contributed by atoms with Crippen molar-refractivity contribution in [1.29, 1.82) is 0 Å². The highest BCUT2D eigenvalue weighted by Gasteiger charge is 2.40. The Kier molecular flexibility index (Phi) is 4.29. The highest BCUT2D eigenvalue weighted by Crippen LogP contribution is 2.43. The summed E-state index contributed by atoms with van der Waals surface area (Å²) >= 11 is 0. The zero-order chi connectivity index (χ0) is 17.5. The van der Waals surface area contributed by atoms with E-state index in [4.69, 9.17) is 5.73 Å². The molecule has 1 aromatic heterocycles. The van der Waals surface area contributed by atoms with Crippen molar-refractivity contribution < 1.29 is 26.8 Å². The summed E-state index contributed by atoms with van der Waals surface area (Å²) < 4.78 is 57.1. The minimum Gasteiger partial charge on any atom is -0.366 e. The second kappa shape index (κ2) is 5.76. The van der Waals surface area contributed by atoms with Crippen LogP contribution < -0.4 is 5.73 Å². The lowest BCUT2D eigenvalue weighted by atomic mass is 9.95. The molecule has 1 unspecified atom stereocenters. The van der Waals surface area contributed by atoms with E-state index in [-0.39, 0.29) is 22.5 Å². The first-order valence-corrected chi connectivity index (χ1v) is 7.79. The van der Waals surface area contributed by atoms with Crippen molar-refractivity contribution in [2.75, 3.05) is 6.26 Å². The number of hydrogen-bond acceptors (Lipinski definition) is 5. The molecule has 23 heavy (non-hydrogen) atoms. The van der Waals surface area contributed by atoms with Gasteiger partial charge in [-0.3, -0.25) is 9.00 Å². The molecule has 10 heteroatoms. The maximum absolute atomic E-state index is 13.6. The number of hydrogen-bond donors (Lipinski definition) is 1. The molecule has 1 amide bonds. The van der Waals surface area contributed by atoms with Crippen LogP contribution in [0.15, 0.2) is 15.6 Å². The number of alkyl halides is 3. The molecule has 0 spiro atoms. The fourth-order valence-electron chi connectivity index (χ4n) is 2.32. The number of nitrogens with zero attached hydrogens (tertiary/aromatic N) is 2. The van der Waals surface area contributed by atoms with Crippen LogP contribution in [0.3, 0.4) is 0 Å². The van der Waals surface area contributed by atoms with E-state index >= 15 is 0 Å². The Balaban J connectivity index is 3.03. The van der Waals surface area contributed by atoms with Gasteiger partial charge in [-0.25, -0.2) is 4.63 Å². The minimum absolute atomic E-state index is 0.0801. The molecular formula is C13H12F3N3O3S. The molecule has 0 saturated carbocycles. The summed E-state index contributed by atoms with van der Waals surface area (Å²) in [6.07, 6.45) is -3.72. The summed E-state index contributed by atoms with van der Waals surface area (Å²) in [5, 5.41) is 6.90. The van der Waals surface area contributed by atoms with E-state index in [1.807, 2.05) is 0 Å². The molecule has 2 rings (SSSR count). The standard InChI is InChI=1S/C13H12F3N3O3S/c1-5-7(12(17)20)4-8(10-6(2)18-22-19-10)9(13(14,15)16)11(5)23(3)21/h4H,1-3H3,(H2,17,20). The molecule has 0 aliphatic carbocycles. The van der Waals surface area contributed by atoms with Crippen LogP contribution in [-0.4, -0.2) is 26.7 Å². The third-order valence-corrected chi connectivity index (χ3v) is 4.36. The molecule has 0 aliphatic heterocycles. The lowest BCUT2D eigenvalue weighted by molar-refractivity contribution is -0.139. The number of halogens is 3. The first kappa shape index (κ1) is 17.1. The normalized spacial score (nSPS) is 13.1. The molecule has 2 N–H and O–H groups in total. The first-order chi connectivity index (χ1) is 10.6. The van der Waals surface area contributed by atoms with E-state index in [0.29, 0.717) is 0 Å². The van der Waals surface area contributed by atoms with Gasteiger partial charge in [-0.1, -0.05) is 5.16 Å². The largest absolute Gasteiger partial charge is 0.418 e. The van der Waals surface area contributed by atoms with Crippen LogP contribution in [0, 0.1) is 13.8 Å². The number of carbonyl (C=O) groups excluding carboxylic acids is 1. The number of primary amides is 1. The number of aryl methyl sites for hydroxylation is 1. The van der Waals surface area contributed by atoms with E-state index in [9.17, 15) is 22.2 Å². The quantitative estimate of drug-likeness (QED) is 0.918. The summed E-state index contributed by atoms with van der Waals surface area (Å²) in [5.41, 5.74) is 3.31. The van der Waals surface area contributed by atoms with Gasteiger partial charge in [-0.15, -0.1) is 0 Å². The average molecular weight is 347 g/mol. The lowest BCUT2D eigenvalue weighted by Gasteiger charge is -2.19. The highest BCUT2D eigenvalue weighted by molar-refractivity contribution is 7.84. The van der Waals surface area contributed by atoms with Gasteiger partial charge in [-0.05, 0) is 30.6 Å². The molecule has 0 aliphatic rings. The number of aromatic nitrogens is 2. The maximum atomic E-state index is 13.6. The summed E-state index contributed by atoms with van der Waals surface area (Å²) in [6, 6.07) is 0.976. The van der Waals surface area contributed by atoms with Crippen molar-refractivity contribution in [3.8, 4) is 11.3 Å². The topological polar surface area (TPSA) is 99.1 Å². The van der Waals surface area contributed by atoms with Crippen LogP contribution in [0.4, 0.5) is 13.2 Å². The zero-order valence-corrected chi connectivity index (χ0v) is 13.1.